The molecule has 0 saturated carbocycles. The van der Waals surface area contributed by atoms with E-state index in [-0.39, 0.29) is 18.5 Å². The third-order valence-corrected chi connectivity index (χ3v) is 15.3. The van der Waals surface area contributed by atoms with E-state index in [1.807, 2.05) is 6.08 Å². The first-order valence-corrected chi connectivity index (χ1v) is 33.4. The maximum atomic E-state index is 12.5. The molecule has 0 aromatic carbocycles. The van der Waals surface area contributed by atoms with E-state index in [1.165, 1.54) is 276 Å². The molecule has 0 aromatic rings. The zero-order valence-corrected chi connectivity index (χ0v) is 50.3. The van der Waals surface area contributed by atoms with Gasteiger partial charge in [0.1, 0.15) is 0 Å². The fraction of sp³-hybridized carbons (Fsp3) is 0.855. The van der Waals surface area contributed by atoms with Gasteiger partial charge < -0.3 is 20.3 Å². The number of amides is 1. The van der Waals surface area contributed by atoms with E-state index in [9.17, 15) is 19.8 Å². The number of esters is 1. The Bertz CT molecular complexity index is 1260. The van der Waals surface area contributed by atoms with Crippen molar-refractivity contribution in [2.45, 2.75) is 366 Å². The number of carbonyl (C=O) groups is 2. The highest BCUT2D eigenvalue weighted by atomic mass is 16.5. The van der Waals surface area contributed by atoms with Crippen molar-refractivity contribution in [3.8, 4) is 0 Å². The van der Waals surface area contributed by atoms with Crippen LogP contribution in [0.2, 0.25) is 0 Å². The van der Waals surface area contributed by atoms with Gasteiger partial charge in [0.25, 0.3) is 0 Å². The summed E-state index contributed by atoms with van der Waals surface area (Å²) in [6.45, 7) is 4.90. The van der Waals surface area contributed by atoms with Gasteiger partial charge in [-0.15, -0.1) is 0 Å². The van der Waals surface area contributed by atoms with Gasteiger partial charge in [-0.05, 0) is 89.9 Å². The second-order valence-electron chi connectivity index (χ2n) is 22.8. The van der Waals surface area contributed by atoms with E-state index in [4.69, 9.17) is 4.74 Å². The van der Waals surface area contributed by atoms with Gasteiger partial charge in [0.2, 0.25) is 5.91 Å². The van der Waals surface area contributed by atoms with Crippen LogP contribution in [0.15, 0.2) is 48.6 Å². The number of rotatable bonds is 62. The largest absolute Gasteiger partial charge is 0.466 e. The molecule has 0 radical (unpaired) electrons. The summed E-state index contributed by atoms with van der Waals surface area (Å²) in [6.07, 6.45) is 83.1. The minimum atomic E-state index is -0.850. The van der Waals surface area contributed by atoms with E-state index in [1.54, 1.807) is 6.08 Å². The normalized spacial score (nSPS) is 12.9. The second-order valence-corrected chi connectivity index (χ2v) is 22.8. The molecule has 0 aliphatic rings. The molecule has 75 heavy (non-hydrogen) atoms. The first-order chi connectivity index (χ1) is 37.0. The Morgan fingerprint density at radius 2 is 0.667 bits per heavy atom. The summed E-state index contributed by atoms with van der Waals surface area (Å²) in [4.78, 5) is 24.5. The smallest absolute Gasteiger partial charge is 0.305 e. The fourth-order valence-electron chi connectivity index (χ4n) is 10.2. The zero-order chi connectivity index (χ0) is 54.3. The van der Waals surface area contributed by atoms with Crippen molar-refractivity contribution in [2.24, 2.45) is 0 Å². The zero-order valence-electron chi connectivity index (χ0n) is 50.3. The summed E-state index contributed by atoms with van der Waals surface area (Å²) >= 11 is 0. The molecule has 0 spiro atoms. The average Bonchev–Trinajstić information content (AvgIpc) is 3.41. The maximum absolute atomic E-state index is 12.5. The van der Waals surface area contributed by atoms with Crippen molar-refractivity contribution >= 4 is 11.9 Å². The number of unbranched alkanes of at least 4 members (excludes halogenated alkanes) is 45. The molecular weight excluding hydrogens is 923 g/mol. The standard InChI is InChI=1S/C69H129NO5/c1-3-5-7-9-11-13-15-17-18-19-20-28-31-34-38-41-45-49-53-57-61-67(72)66(65-71)70-68(73)62-58-54-50-46-42-39-35-32-29-26-24-22-21-23-25-27-30-33-36-40-44-48-52-56-60-64-75-69(74)63-59-55-51-47-43-37-16-14-12-10-8-6-4-2/h14,16,22-25,57,61,66-67,71-72H,3-13,15,17-21,26-56,58-60,62-65H2,1-2H3,(H,70,73)/b16-14-,24-22-,25-23-,61-57+. The molecule has 6 nitrogen and oxygen atoms in total. The highest BCUT2D eigenvalue weighted by Crippen LogP contribution is 2.17. The Hall–Kier alpha value is -2.18. The molecule has 0 heterocycles. The summed E-state index contributed by atoms with van der Waals surface area (Å²) in [5.74, 6) is -0.0726. The number of hydrogen-bond acceptors (Lipinski definition) is 5. The molecule has 2 unspecified atom stereocenters. The van der Waals surface area contributed by atoms with Crippen LogP contribution in [0.5, 0.6) is 0 Å². The molecule has 0 bridgehead atoms. The number of allylic oxidation sites excluding steroid dienone is 7. The van der Waals surface area contributed by atoms with Crippen molar-refractivity contribution < 1.29 is 24.5 Å². The average molecular weight is 1050 g/mol. The Kier molecular flexibility index (Phi) is 62.5. The molecular formula is C69H129NO5. The quantitative estimate of drug-likeness (QED) is 0.0320. The Morgan fingerprint density at radius 3 is 1.04 bits per heavy atom. The highest BCUT2D eigenvalue weighted by Gasteiger charge is 2.18. The summed E-state index contributed by atoms with van der Waals surface area (Å²) in [5, 5.41) is 23.2. The SMILES string of the molecule is CCCCCC/C=C\CCCCCCCC(=O)OCCCCCCCCCCC/C=C\C/C=C\CCCCCCCCCCCC(=O)NC(CO)C(O)/C=C/CCCCCCCCCCCCCCCCCCCC. The fourth-order valence-corrected chi connectivity index (χ4v) is 10.2. The summed E-state index contributed by atoms with van der Waals surface area (Å²) in [7, 11) is 0. The van der Waals surface area contributed by atoms with Crippen LogP contribution in [0.4, 0.5) is 0 Å². The summed E-state index contributed by atoms with van der Waals surface area (Å²) < 4.78 is 5.47. The number of nitrogens with one attached hydrogen (secondary N) is 1. The lowest BCUT2D eigenvalue weighted by Crippen LogP contribution is -2.45. The molecule has 0 saturated heterocycles. The van der Waals surface area contributed by atoms with Crippen LogP contribution in [-0.4, -0.2) is 47.4 Å². The van der Waals surface area contributed by atoms with Crippen molar-refractivity contribution in [3.63, 3.8) is 0 Å². The minimum absolute atomic E-state index is 0.000772. The number of ether oxygens (including phenoxy) is 1. The van der Waals surface area contributed by atoms with Gasteiger partial charge in [0.05, 0.1) is 25.4 Å². The predicted molar refractivity (Wildman–Crippen MR) is 329 cm³/mol. The molecule has 0 aromatic heterocycles. The summed E-state index contributed by atoms with van der Waals surface area (Å²) in [5.41, 5.74) is 0. The van der Waals surface area contributed by atoms with Gasteiger partial charge in [-0.2, -0.15) is 0 Å². The van der Waals surface area contributed by atoms with Crippen LogP contribution in [0.3, 0.4) is 0 Å². The first-order valence-electron chi connectivity index (χ1n) is 33.4. The van der Waals surface area contributed by atoms with Gasteiger partial charge in [0, 0.05) is 12.8 Å². The monoisotopic (exact) mass is 1050 g/mol. The number of hydrogen-bond donors (Lipinski definition) is 3. The van der Waals surface area contributed by atoms with E-state index in [2.05, 4.69) is 55.6 Å². The van der Waals surface area contributed by atoms with Crippen LogP contribution in [-0.2, 0) is 14.3 Å². The molecule has 440 valence electrons. The van der Waals surface area contributed by atoms with Crippen molar-refractivity contribution in [2.75, 3.05) is 13.2 Å². The molecule has 0 fully saturated rings. The van der Waals surface area contributed by atoms with Gasteiger partial charge in [-0.1, -0.05) is 300 Å². The van der Waals surface area contributed by atoms with E-state index in [0.717, 1.165) is 51.4 Å². The molecule has 0 aliphatic carbocycles. The molecule has 2 atom stereocenters. The molecule has 6 heteroatoms. The lowest BCUT2D eigenvalue weighted by molar-refractivity contribution is -0.143. The van der Waals surface area contributed by atoms with Gasteiger partial charge in [-0.3, -0.25) is 9.59 Å². The molecule has 0 aliphatic heterocycles. The summed E-state index contributed by atoms with van der Waals surface area (Å²) in [6, 6.07) is -0.634. The van der Waals surface area contributed by atoms with Gasteiger partial charge in [-0.25, -0.2) is 0 Å². The topological polar surface area (TPSA) is 95.9 Å². The van der Waals surface area contributed by atoms with Crippen molar-refractivity contribution in [1.29, 1.82) is 0 Å². The Morgan fingerprint density at radius 1 is 0.373 bits per heavy atom. The van der Waals surface area contributed by atoms with Crippen molar-refractivity contribution in [3.05, 3.63) is 48.6 Å². The number of carbonyl (C=O) groups excluding carboxylic acids is 2. The Balaban J connectivity index is 3.47. The lowest BCUT2D eigenvalue weighted by Gasteiger charge is -2.20. The predicted octanol–water partition coefficient (Wildman–Crippen LogP) is 21.3. The second kappa shape index (κ2) is 64.3. The van der Waals surface area contributed by atoms with E-state index in [0.29, 0.717) is 19.4 Å². The highest BCUT2D eigenvalue weighted by molar-refractivity contribution is 5.76. The lowest BCUT2D eigenvalue weighted by atomic mass is 10.0. The van der Waals surface area contributed by atoms with Crippen LogP contribution in [0, 0.1) is 0 Å². The molecule has 3 N–H and O–H groups in total. The third kappa shape index (κ3) is 60.9. The number of aliphatic hydroxyl groups is 2. The van der Waals surface area contributed by atoms with Gasteiger partial charge in [0.15, 0.2) is 0 Å². The molecule has 0 rings (SSSR count). The van der Waals surface area contributed by atoms with Crippen LogP contribution >= 0.6 is 0 Å². The van der Waals surface area contributed by atoms with Crippen LogP contribution < -0.4 is 5.32 Å². The maximum Gasteiger partial charge on any atom is 0.305 e. The van der Waals surface area contributed by atoms with Crippen LogP contribution in [0.25, 0.3) is 0 Å². The van der Waals surface area contributed by atoms with E-state index < -0.39 is 12.1 Å². The van der Waals surface area contributed by atoms with E-state index >= 15 is 0 Å². The third-order valence-electron chi connectivity index (χ3n) is 15.3. The minimum Gasteiger partial charge on any atom is -0.466 e. The molecule has 1 amide bonds. The number of aliphatic hydroxyl groups excluding tert-OH is 2. The van der Waals surface area contributed by atoms with Crippen molar-refractivity contribution in [1.82, 2.24) is 5.32 Å². The van der Waals surface area contributed by atoms with Crippen LogP contribution in [0.1, 0.15) is 354 Å². The Labute approximate surface area is 467 Å². The van der Waals surface area contributed by atoms with Gasteiger partial charge >= 0.3 is 5.97 Å². The first kappa shape index (κ1) is 72.8.